The van der Waals surface area contributed by atoms with Gasteiger partial charge in [0.25, 0.3) is 0 Å². The number of H-pyrrole nitrogens is 2. The molecule has 8 rings (SSSR count). The monoisotopic (exact) mass is 698 g/mol. The molecule has 0 fully saturated rings. The zero-order valence-corrected chi connectivity index (χ0v) is 28.6. The number of ether oxygens (including phenoxy) is 3. The fourth-order valence-corrected chi connectivity index (χ4v) is 6.69. The highest BCUT2D eigenvalue weighted by Gasteiger charge is 2.19. The van der Waals surface area contributed by atoms with Crippen LogP contribution in [0.25, 0.3) is 39.5 Å². The van der Waals surface area contributed by atoms with Gasteiger partial charge in [-0.1, -0.05) is 91.0 Å². The number of nitrogens with one attached hydrogen (secondary N) is 2. The molecule has 0 radical (unpaired) electrons. The maximum atomic E-state index is 13.2. The molecule has 8 nitrogen and oxygen atoms in total. The molecular formula is C45H34N2O6. The second kappa shape index (κ2) is 14.7. The molecule has 0 aliphatic heterocycles. The summed E-state index contributed by atoms with van der Waals surface area (Å²) in [5.41, 5.74) is 8.28. The van der Waals surface area contributed by atoms with E-state index in [-0.39, 0.29) is 36.7 Å². The van der Waals surface area contributed by atoms with E-state index in [2.05, 4.69) is 22.1 Å². The lowest BCUT2D eigenvalue weighted by molar-refractivity contribution is -0.134. The number of fused-ring (bicyclic) bond motifs is 3. The molecule has 0 saturated heterocycles. The number of aromatic amines is 2. The van der Waals surface area contributed by atoms with Gasteiger partial charge in [0.15, 0.2) is 0 Å². The first-order valence-corrected chi connectivity index (χ1v) is 17.4. The number of carbonyl (C=O) groups is 3. The Kier molecular flexibility index (Phi) is 9.24. The van der Waals surface area contributed by atoms with Crippen LogP contribution in [0.15, 0.2) is 134 Å². The highest BCUT2D eigenvalue weighted by atomic mass is 16.5. The topological polar surface area (TPSA) is 110 Å². The van der Waals surface area contributed by atoms with E-state index >= 15 is 0 Å². The molecule has 53 heavy (non-hydrogen) atoms. The van der Waals surface area contributed by atoms with Gasteiger partial charge in [0.05, 0.1) is 19.3 Å². The van der Waals surface area contributed by atoms with Crippen molar-refractivity contribution in [2.24, 2.45) is 0 Å². The van der Waals surface area contributed by atoms with Crippen LogP contribution in [0, 0.1) is 0 Å². The van der Waals surface area contributed by atoms with E-state index in [1.165, 1.54) is 5.56 Å². The van der Waals surface area contributed by atoms with Crippen molar-refractivity contribution in [1.82, 2.24) is 9.97 Å². The van der Waals surface area contributed by atoms with E-state index in [1.54, 1.807) is 30.3 Å². The Balaban J connectivity index is 0.968. The Labute approximate surface area is 305 Å². The van der Waals surface area contributed by atoms with Crippen LogP contribution in [0.1, 0.15) is 39.8 Å². The molecule has 2 N–H and O–H groups in total. The molecule has 0 unspecified atom stereocenters. The lowest BCUT2D eigenvalue weighted by Crippen LogP contribution is -2.12. The van der Waals surface area contributed by atoms with E-state index in [0.29, 0.717) is 11.3 Å². The van der Waals surface area contributed by atoms with Crippen LogP contribution in [-0.4, -0.2) is 27.9 Å². The van der Waals surface area contributed by atoms with Crippen LogP contribution >= 0.6 is 0 Å². The summed E-state index contributed by atoms with van der Waals surface area (Å²) in [5.74, 6) is -0.273. The number of allylic oxidation sites excluding steroid dienone is 1. The number of rotatable bonds is 11. The molecule has 2 heterocycles. The van der Waals surface area contributed by atoms with E-state index in [4.69, 9.17) is 14.2 Å². The van der Waals surface area contributed by atoms with Crippen LogP contribution < -0.4 is 14.2 Å². The molecule has 0 spiro atoms. The largest absolute Gasteiger partial charge is 0.426 e. The molecule has 0 bridgehead atoms. The van der Waals surface area contributed by atoms with Crippen LogP contribution in [0.5, 0.6) is 17.2 Å². The predicted octanol–water partition coefficient (Wildman–Crippen LogP) is 9.05. The van der Waals surface area contributed by atoms with Crippen LogP contribution in [0.4, 0.5) is 0 Å². The van der Waals surface area contributed by atoms with E-state index in [0.717, 1.165) is 56.1 Å². The molecule has 0 atom stereocenters. The van der Waals surface area contributed by atoms with Crippen LogP contribution in [0.2, 0.25) is 0 Å². The van der Waals surface area contributed by atoms with Crippen molar-refractivity contribution in [3.8, 4) is 17.2 Å². The number of para-hydroxylation sites is 2. The third kappa shape index (κ3) is 7.72. The van der Waals surface area contributed by atoms with Gasteiger partial charge < -0.3 is 24.2 Å². The lowest BCUT2D eigenvalue weighted by atomic mass is 10.0. The quantitative estimate of drug-likeness (QED) is 0.0793. The SMILES string of the molecule is O=C(CC1=CCc2ccccc21)Oc1cc(/C=C/c2ccc(OC(=O)Cc3c[nH]c4ccccc34)cc2)cc(OC(=O)Cc2c[nH]c3ccccc23)c1. The highest BCUT2D eigenvalue weighted by molar-refractivity contribution is 5.90. The first-order chi connectivity index (χ1) is 25.9. The molecule has 1 aliphatic rings. The summed E-state index contributed by atoms with van der Waals surface area (Å²) in [6.45, 7) is 0. The van der Waals surface area contributed by atoms with Crippen LogP contribution in [0.3, 0.4) is 0 Å². The fraction of sp³-hybridized carbons (Fsp3) is 0.0889. The maximum absolute atomic E-state index is 13.2. The smallest absolute Gasteiger partial charge is 0.315 e. The number of carbonyl (C=O) groups excluding carboxylic acids is 3. The second-order valence-electron chi connectivity index (χ2n) is 12.9. The summed E-state index contributed by atoms with van der Waals surface area (Å²) >= 11 is 0. The van der Waals surface area contributed by atoms with Gasteiger partial charge in [-0.25, -0.2) is 0 Å². The number of benzene rings is 5. The van der Waals surface area contributed by atoms with Crippen molar-refractivity contribution in [3.05, 3.63) is 167 Å². The molecule has 8 heteroatoms. The first kappa shape index (κ1) is 33.2. The van der Waals surface area contributed by atoms with E-state index in [9.17, 15) is 14.4 Å². The van der Waals surface area contributed by atoms with Gasteiger partial charge >= 0.3 is 17.9 Å². The van der Waals surface area contributed by atoms with Gasteiger partial charge in [0, 0.05) is 40.3 Å². The summed E-state index contributed by atoms with van der Waals surface area (Å²) in [6.07, 6.45) is 10.5. The fourth-order valence-electron chi connectivity index (χ4n) is 6.69. The van der Waals surface area contributed by atoms with Crippen molar-refractivity contribution in [2.75, 3.05) is 0 Å². The van der Waals surface area contributed by atoms with Crippen molar-refractivity contribution in [1.29, 1.82) is 0 Å². The minimum Gasteiger partial charge on any atom is -0.426 e. The van der Waals surface area contributed by atoms with Crippen molar-refractivity contribution < 1.29 is 28.6 Å². The molecule has 7 aromatic rings. The van der Waals surface area contributed by atoms with Gasteiger partial charge in [-0.15, -0.1) is 0 Å². The second-order valence-corrected chi connectivity index (χ2v) is 12.9. The average Bonchev–Trinajstić information content (AvgIpc) is 3.89. The number of aromatic nitrogens is 2. The molecule has 0 saturated carbocycles. The standard InChI is InChI=1S/C45H34N2O6/c48-43(23-32-18-17-31-7-1-2-8-38(31)32)52-36-21-30(22-37(26-36)53-45(50)25-34-28-47-42-12-6-4-10-40(34)42)14-13-29-15-19-35(20-16-29)51-44(49)24-33-27-46-41-11-5-3-9-39(33)41/h1-16,18-22,26-28,46-47H,17,23-25H2/b14-13+. The summed E-state index contributed by atoms with van der Waals surface area (Å²) in [6, 6.07) is 35.8. The summed E-state index contributed by atoms with van der Waals surface area (Å²) in [5, 5.41) is 1.95. The van der Waals surface area contributed by atoms with E-state index in [1.807, 2.05) is 103 Å². The third-order valence-corrected chi connectivity index (χ3v) is 9.23. The highest BCUT2D eigenvalue weighted by Crippen LogP contribution is 2.31. The zero-order valence-electron chi connectivity index (χ0n) is 28.6. The Morgan fingerprint density at radius 2 is 1.08 bits per heavy atom. The Bertz CT molecular complexity index is 2550. The molecule has 1 aliphatic carbocycles. The summed E-state index contributed by atoms with van der Waals surface area (Å²) in [4.78, 5) is 45.4. The van der Waals surface area contributed by atoms with Crippen molar-refractivity contribution >= 4 is 57.4 Å². The Morgan fingerprint density at radius 1 is 0.547 bits per heavy atom. The molecule has 260 valence electrons. The van der Waals surface area contributed by atoms with Crippen LogP contribution in [-0.2, 0) is 33.6 Å². The Hall–Kier alpha value is -6.93. The predicted molar refractivity (Wildman–Crippen MR) is 205 cm³/mol. The van der Waals surface area contributed by atoms with Crippen molar-refractivity contribution in [3.63, 3.8) is 0 Å². The number of hydrogen-bond donors (Lipinski definition) is 2. The summed E-state index contributed by atoms with van der Waals surface area (Å²) in [7, 11) is 0. The molecular weight excluding hydrogens is 665 g/mol. The minimum atomic E-state index is -0.448. The van der Waals surface area contributed by atoms with Gasteiger partial charge in [0.1, 0.15) is 17.2 Å². The van der Waals surface area contributed by atoms with Gasteiger partial charge in [-0.05, 0) is 81.8 Å². The minimum absolute atomic E-state index is 0.0610. The molecule has 0 amide bonds. The molecule has 2 aromatic heterocycles. The van der Waals surface area contributed by atoms with E-state index < -0.39 is 11.9 Å². The van der Waals surface area contributed by atoms with Gasteiger partial charge in [-0.3, -0.25) is 14.4 Å². The summed E-state index contributed by atoms with van der Waals surface area (Å²) < 4.78 is 17.2. The van der Waals surface area contributed by atoms with Gasteiger partial charge in [-0.2, -0.15) is 0 Å². The number of hydrogen-bond acceptors (Lipinski definition) is 6. The lowest BCUT2D eigenvalue weighted by Gasteiger charge is -2.10. The third-order valence-electron chi connectivity index (χ3n) is 9.23. The molecule has 5 aromatic carbocycles. The normalized spacial score (nSPS) is 12.2. The number of esters is 3. The Morgan fingerprint density at radius 3 is 1.72 bits per heavy atom. The van der Waals surface area contributed by atoms with Crippen molar-refractivity contribution in [2.45, 2.75) is 25.7 Å². The first-order valence-electron chi connectivity index (χ1n) is 17.4. The van der Waals surface area contributed by atoms with Gasteiger partial charge in [0.2, 0.25) is 0 Å². The maximum Gasteiger partial charge on any atom is 0.315 e. The zero-order chi connectivity index (χ0) is 36.1. The average molecular weight is 699 g/mol.